The molecule has 0 aromatic heterocycles. The molecular weight excluding hydrogens is 218 g/mol. The minimum atomic E-state index is 0.372. The van der Waals surface area contributed by atoms with Crippen LogP contribution in [-0.4, -0.2) is 0 Å². The van der Waals surface area contributed by atoms with Crippen molar-refractivity contribution >= 4 is 0 Å². The molecule has 2 aromatic carbocycles. The first-order valence-electron chi connectivity index (χ1n) is 6.67. The van der Waals surface area contributed by atoms with E-state index in [-0.39, 0.29) is 0 Å². The summed E-state index contributed by atoms with van der Waals surface area (Å²) in [6.07, 6.45) is 1.10. The first kappa shape index (κ1) is 12.8. The molecule has 0 aliphatic heterocycles. The van der Waals surface area contributed by atoms with Crippen LogP contribution in [0.15, 0.2) is 60.7 Å². The second-order valence-electron chi connectivity index (χ2n) is 4.67. The normalized spacial score (nSPS) is 14.1. The summed E-state index contributed by atoms with van der Waals surface area (Å²) in [5.74, 6) is 0. The molecule has 94 valence electrons. The van der Waals surface area contributed by atoms with Crippen LogP contribution in [-0.2, 0) is 0 Å². The van der Waals surface area contributed by atoms with Gasteiger partial charge in [-0.3, -0.25) is 0 Å². The van der Waals surface area contributed by atoms with Crippen LogP contribution < -0.4 is 5.32 Å². The smallest absolute Gasteiger partial charge is 0.0323 e. The van der Waals surface area contributed by atoms with Crippen LogP contribution in [0.25, 0.3) is 0 Å². The lowest BCUT2D eigenvalue weighted by Gasteiger charge is -2.23. The van der Waals surface area contributed by atoms with E-state index >= 15 is 0 Å². The van der Waals surface area contributed by atoms with Gasteiger partial charge in [-0.05, 0) is 24.5 Å². The lowest BCUT2D eigenvalue weighted by atomic mass is 10.0. The zero-order valence-corrected chi connectivity index (χ0v) is 11.1. The average Bonchev–Trinajstić information content (AvgIpc) is 2.46. The van der Waals surface area contributed by atoms with Gasteiger partial charge in [0.2, 0.25) is 0 Å². The second-order valence-corrected chi connectivity index (χ2v) is 4.67. The van der Waals surface area contributed by atoms with Crippen molar-refractivity contribution in [3.63, 3.8) is 0 Å². The zero-order chi connectivity index (χ0) is 12.8. The maximum absolute atomic E-state index is 3.70. The molecule has 1 nitrogen and oxygen atoms in total. The van der Waals surface area contributed by atoms with Crippen molar-refractivity contribution in [3.05, 3.63) is 71.8 Å². The predicted octanol–water partition coefficient (Wildman–Crippen LogP) is 4.49. The lowest BCUT2D eigenvalue weighted by molar-refractivity contribution is 0.456. The van der Waals surface area contributed by atoms with Gasteiger partial charge < -0.3 is 5.32 Å². The highest BCUT2D eigenvalue weighted by Crippen LogP contribution is 2.21. The summed E-state index contributed by atoms with van der Waals surface area (Å²) in [5, 5.41) is 3.70. The van der Waals surface area contributed by atoms with Crippen LogP contribution in [0.5, 0.6) is 0 Å². The second kappa shape index (κ2) is 6.36. The molecule has 0 amide bonds. The zero-order valence-electron chi connectivity index (χ0n) is 11.1. The first-order valence-corrected chi connectivity index (χ1v) is 6.67. The third kappa shape index (κ3) is 3.21. The molecule has 0 aliphatic carbocycles. The topological polar surface area (TPSA) is 12.0 Å². The van der Waals surface area contributed by atoms with Gasteiger partial charge in [0.15, 0.2) is 0 Å². The van der Waals surface area contributed by atoms with Gasteiger partial charge >= 0.3 is 0 Å². The fraction of sp³-hybridized carbons (Fsp3) is 0.294. The summed E-state index contributed by atoms with van der Waals surface area (Å²) in [6, 6.07) is 22.1. The largest absolute Gasteiger partial charge is 0.303 e. The lowest BCUT2D eigenvalue weighted by Crippen LogP contribution is -2.24. The molecule has 0 saturated heterocycles. The Kier molecular flexibility index (Phi) is 4.54. The third-order valence-electron chi connectivity index (χ3n) is 3.36. The molecule has 0 radical (unpaired) electrons. The molecule has 18 heavy (non-hydrogen) atoms. The monoisotopic (exact) mass is 239 g/mol. The summed E-state index contributed by atoms with van der Waals surface area (Å²) in [7, 11) is 0. The van der Waals surface area contributed by atoms with E-state index in [4.69, 9.17) is 0 Å². The van der Waals surface area contributed by atoms with E-state index < -0.39 is 0 Å². The first-order chi connectivity index (χ1) is 8.81. The third-order valence-corrected chi connectivity index (χ3v) is 3.36. The van der Waals surface area contributed by atoms with Gasteiger partial charge in [0.1, 0.15) is 0 Å². The van der Waals surface area contributed by atoms with Gasteiger partial charge in [-0.2, -0.15) is 0 Å². The van der Waals surface area contributed by atoms with E-state index in [1.807, 2.05) is 0 Å². The van der Waals surface area contributed by atoms with Gasteiger partial charge in [0.05, 0.1) is 0 Å². The fourth-order valence-electron chi connectivity index (χ4n) is 2.27. The molecule has 0 saturated carbocycles. The van der Waals surface area contributed by atoms with E-state index in [1.54, 1.807) is 0 Å². The molecule has 1 heteroatoms. The minimum Gasteiger partial charge on any atom is -0.303 e. The van der Waals surface area contributed by atoms with Crippen LogP contribution in [0.2, 0.25) is 0 Å². The molecule has 2 rings (SSSR count). The van der Waals surface area contributed by atoms with Crippen molar-refractivity contribution in [1.82, 2.24) is 5.32 Å². The predicted molar refractivity (Wildman–Crippen MR) is 77.5 cm³/mol. The van der Waals surface area contributed by atoms with E-state index in [2.05, 4.69) is 79.8 Å². The Morgan fingerprint density at radius 2 is 1.33 bits per heavy atom. The van der Waals surface area contributed by atoms with Crippen molar-refractivity contribution < 1.29 is 0 Å². The molecule has 0 spiro atoms. The Morgan fingerprint density at radius 1 is 0.833 bits per heavy atom. The van der Waals surface area contributed by atoms with E-state index in [9.17, 15) is 0 Å². The summed E-state index contributed by atoms with van der Waals surface area (Å²) in [5.41, 5.74) is 2.70. The highest BCUT2D eigenvalue weighted by molar-refractivity contribution is 5.22. The van der Waals surface area contributed by atoms with Crippen molar-refractivity contribution in [3.8, 4) is 0 Å². The number of hydrogen-bond donors (Lipinski definition) is 1. The molecule has 0 bridgehead atoms. The SMILES string of the molecule is CCC(N[C@H](C)c1ccccc1)c1ccccc1. The molecule has 0 heterocycles. The molecular formula is C17H21N. The summed E-state index contributed by atoms with van der Waals surface area (Å²) in [6.45, 7) is 4.45. The standard InChI is InChI=1S/C17H21N/c1-3-17(16-12-8-5-9-13-16)18-14(2)15-10-6-4-7-11-15/h4-14,17-18H,3H2,1-2H3/t14-,17?/m1/s1. The molecule has 0 aliphatic rings. The van der Waals surface area contributed by atoms with Crippen LogP contribution >= 0.6 is 0 Å². The Hall–Kier alpha value is -1.60. The van der Waals surface area contributed by atoms with Crippen LogP contribution in [0.4, 0.5) is 0 Å². The minimum absolute atomic E-state index is 0.372. The molecule has 1 unspecified atom stereocenters. The molecule has 2 aromatic rings. The van der Waals surface area contributed by atoms with Crippen molar-refractivity contribution in [2.75, 3.05) is 0 Å². The average molecular weight is 239 g/mol. The van der Waals surface area contributed by atoms with E-state index in [0.29, 0.717) is 12.1 Å². The Bertz CT molecular complexity index is 450. The van der Waals surface area contributed by atoms with Crippen LogP contribution in [0.3, 0.4) is 0 Å². The van der Waals surface area contributed by atoms with Gasteiger partial charge in [0.25, 0.3) is 0 Å². The number of rotatable bonds is 5. The Labute approximate surface area is 110 Å². The maximum atomic E-state index is 3.70. The van der Waals surface area contributed by atoms with E-state index in [1.165, 1.54) is 11.1 Å². The van der Waals surface area contributed by atoms with Crippen molar-refractivity contribution in [2.45, 2.75) is 32.4 Å². The Balaban J connectivity index is 2.07. The van der Waals surface area contributed by atoms with Gasteiger partial charge in [0, 0.05) is 12.1 Å². The van der Waals surface area contributed by atoms with Gasteiger partial charge in [-0.15, -0.1) is 0 Å². The van der Waals surface area contributed by atoms with Crippen LogP contribution in [0.1, 0.15) is 43.5 Å². The highest BCUT2D eigenvalue weighted by atomic mass is 14.9. The van der Waals surface area contributed by atoms with Gasteiger partial charge in [-0.25, -0.2) is 0 Å². The Morgan fingerprint density at radius 3 is 1.83 bits per heavy atom. The summed E-state index contributed by atoms with van der Waals surface area (Å²) < 4.78 is 0. The summed E-state index contributed by atoms with van der Waals surface area (Å²) in [4.78, 5) is 0. The van der Waals surface area contributed by atoms with E-state index in [0.717, 1.165) is 6.42 Å². The van der Waals surface area contributed by atoms with Crippen LogP contribution in [0, 0.1) is 0 Å². The molecule has 1 N–H and O–H groups in total. The van der Waals surface area contributed by atoms with Crippen molar-refractivity contribution in [2.24, 2.45) is 0 Å². The highest BCUT2D eigenvalue weighted by Gasteiger charge is 2.12. The van der Waals surface area contributed by atoms with Crippen molar-refractivity contribution in [1.29, 1.82) is 0 Å². The number of hydrogen-bond acceptors (Lipinski definition) is 1. The molecule has 0 fully saturated rings. The maximum Gasteiger partial charge on any atom is 0.0323 e. The fourth-order valence-corrected chi connectivity index (χ4v) is 2.27. The quantitative estimate of drug-likeness (QED) is 0.810. The summed E-state index contributed by atoms with van der Waals surface area (Å²) >= 11 is 0. The number of benzene rings is 2. The molecule has 2 atom stereocenters. The number of nitrogens with one attached hydrogen (secondary N) is 1. The van der Waals surface area contributed by atoms with Gasteiger partial charge in [-0.1, -0.05) is 67.6 Å².